The number of aromatic hydroxyl groups is 1. The SMILES string of the molecule is CCOc1cc([C@@H]2C(C(=O)NCc3ccccc3)=C(C)Nc3ncnn32)ccc1O. The second-order valence-electron chi connectivity index (χ2n) is 6.92. The van der Waals surface area contributed by atoms with E-state index in [0.29, 0.717) is 36.1 Å². The van der Waals surface area contributed by atoms with Crippen LogP contribution in [0.1, 0.15) is 31.0 Å². The van der Waals surface area contributed by atoms with E-state index in [0.717, 1.165) is 11.1 Å². The summed E-state index contributed by atoms with van der Waals surface area (Å²) in [5.41, 5.74) is 2.98. The zero-order valence-electron chi connectivity index (χ0n) is 16.8. The van der Waals surface area contributed by atoms with Crippen LogP contribution in [0, 0.1) is 0 Å². The highest BCUT2D eigenvalue weighted by Crippen LogP contribution is 2.38. The Morgan fingerprint density at radius 1 is 1.27 bits per heavy atom. The highest BCUT2D eigenvalue weighted by atomic mass is 16.5. The van der Waals surface area contributed by atoms with Crippen molar-refractivity contribution in [2.24, 2.45) is 0 Å². The van der Waals surface area contributed by atoms with E-state index in [2.05, 4.69) is 20.7 Å². The molecule has 1 aliphatic rings. The van der Waals surface area contributed by atoms with Crippen LogP contribution in [0.2, 0.25) is 0 Å². The first kappa shape index (κ1) is 19.5. The van der Waals surface area contributed by atoms with Gasteiger partial charge in [0, 0.05) is 12.2 Å². The molecule has 2 aromatic carbocycles. The zero-order chi connectivity index (χ0) is 21.1. The minimum absolute atomic E-state index is 0.0455. The molecule has 0 saturated carbocycles. The number of phenolic OH excluding ortho intramolecular Hbond substituents is 1. The lowest BCUT2D eigenvalue weighted by Crippen LogP contribution is -2.34. The molecule has 0 unspecified atom stereocenters. The zero-order valence-corrected chi connectivity index (χ0v) is 16.8. The number of phenols is 1. The molecule has 1 amide bonds. The Balaban J connectivity index is 1.70. The van der Waals surface area contributed by atoms with Crippen LogP contribution < -0.4 is 15.4 Å². The number of amides is 1. The first-order valence-corrected chi connectivity index (χ1v) is 9.73. The number of ether oxygens (including phenoxy) is 1. The molecule has 0 fully saturated rings. The van der Waals surface area contributed by atoms with Crippen molar-refractivity contribution in [2.45, 2.75) is 26.4 Å². The number of nitrogens with one attached hydrogen (secondary N) is 2. The lowest BCUT2D eigenvalue weighted by molar-refractivity contribution is -0.118. The summed E-state index contributed by atoms with van der Waals surface area (Å²) in [5, 5.41) is 20.6. The number of rotatable bonds is 6. The number of carbonyl (C=O) groups excluding carboxylic acids is 1. The lowest BCUT2D eigenvalue weighted by atomic mass is 9.94. The summed E-state index contributed by atoms with van der Waals surface area (Å²) in [6.45, 7) is 4.51. The van der Waals surface area contributed by atoms with Gasteiger partial charge >= 0.3 is 0 Å². The van der Waals surface area contributed by atoms with E-state index in [9.17, 15) is 9.90 Å². The van der Waals surface area contributed by atoms with Gasteiger partial charge in [-0.25, -0.2) is 4.68 Å². The summed E-state index contributed by atoms with van der Waals surface area (Å²) in [6, 6.07) is 14.3. The van der Waals surface area contributed by atoms with Crippen LogP contribution in [0.4, 0.5) is 5.95 Å². The predicted molar refractivity (Wildman–Crippen MR) is 112 cm³/mol. The average Bonchev–Trinajstić information content (AvgIpc) is 3.21. The smallest absolute Gasteiger partial charge is 0.251 e. The third kappa shape index (κ3) is 3.71. The van der Waals surface area contributed by atoms with Gasteiger partial charge in [0.2, 0.25) is 5.95 Å². The number of carbonyl (C=O) groups is 1. The molecule has 0 saturated heterocycles. The molecule has 2 heterocycles. The number of hydrogen-bond donors (Lipinski definition) is 3. The number of aromatic nitrogens is 3. The summed E-state index contributed by atoms with van der Waals surface area (Å²) >= 11 is 0. The maximum absolute atomic E-state index is 13.2. The van der Waals surface area contributed by atoms with Crippen LogP contribution >= 0.6 is 0 Å². The Labute approximate surface area is 174 Å². The van der Waals surface area contributed by atoms with Crippen LogP contribution in [0.5, 0.6) is 11.5 Å². The van der Waals surface area contributed by atoms with E-state index in [1.807, 2.05) is 44.2 Å². The van der Waals surface area contributed by atoms with E-state index >= 15 is 0 Å². The molecular weight excluding hydrogens is 382 g/mol. The van der Waals surface area contributed by atoms with Gasteiger partial charge in [0.1, 0.15) is 12.4 Å². The summed E-state index contributed by atoms with van der Waals surface area (Å²) in [7, 11) is 0. The molecule has 1 atom stereocenters. The van der Waals surface area contributed by atoms with Gasteiger partial charge in [0.05, 0.1) is 12.2 Å². The monoisotopic (exact) mass is 405 g/mol. The Bertz CT molecular complexity index is 1090. The number of hydrogen-bond acceptors (Lipinski definition) is 6. The van der Waals surface area contributed by atoms with Crippen molar-refractivity contribution in [3.05, 3.63) is 77.3 Å². The van der Waals surface area contributed by atoms with Crippen LogP contribution in [0.25, 0.3) is 0 Å². The van der Waals surface area contributed by atoms with Crippen LogP contribution in [0.3, 0.4) is 0 Å². The molecule has 3 aromatic rings. The largest absolute Gasteiger partial charge is 0.504 e. The Kier molecular flexibility index (Phi) is 5.38. The van der Waals surface area contributed by atoms with Crippen molar-refractivity contribution in [1.29, 1.82) is 0 Å². The van der Waals surface area contributed by atoms with Crippen molar-refractivity contribution in [3.63, 3.8) is 0 Å². The average molecular weight is 405 g/mol. The molecule has 4 rings (SSSR count). The van der Waals surface area contributed by atoms with Gasteiger partial charge in [-0.15, -0.1) is 0 Å². The number of nitrogens with zero attached hydrogens (tertiary/aromatic N) is 3. The van der Waals surface area contributed by atoms with Crippen molar-refractivity contribution >= 4 is 11.9 Å². The molecule has 8 heteroatoms. The summed E-state index contributed by atoms with van der Waals surface area (Å²) in [4.78, 5) is 17.5. The third-order valence-corrected chi connectivity index (χ3v) is 4.93. The summed E-state index contributed by atoms with van der Waals surface area (Å²) in [5.74, 6) is 0.741. The highest BCUT2D eigenvalue weighted by molar-refractivity contribution is 5.96. The molecule has 154 valence electrons. The topological polar surface area (TPSA) is 101 Å². The minimum atomic E-state index is -0.515. The molecule has 8 nitrogen and oxygen atoms in total. The fourth-order valence-corrected chi connectivity index (χ4v) is 3.54. The van der Waals surface area contributed by atoms with Crippen molar-refractivity contribution in [3.8, 4) is 11.5 Å². The molecule has 30 heavy (non-hydrogen) atoms. The van der Waals surface area contributed by atoms with E-state index in [1.54, 1.807) is 22.9 Å². The fourth-order valence-electron chi connectivity index (χ4n) is 3.54. The number of allylic oxidation sites excluding steroid dienone is 1. The highest BCUT2D eigenvalue weighted by Gasteiger charge is 2.33. The lowest BCUT2D eigenvalue weighted by Gasteiger charge is -2.29. The molecule has 1 aliphatic heterocycles. The molecule has 0 aliphatic carbocycles. The van der Waals surface area contributed by atoms with Gasteiger partial charge in [-0.2, -0.15) is 10.1 Å². The van der Waals surface area contributed by atoms with E-state index in [4.69, 9.17) is 4.74 Å². The predicted octanol–water partition coefficient (Wildman–Crippen LogP) is 2.99. The second kappa shape index (κ2) is 8.28. The maximum Gasteiger partial charge on any atom is 0.251 e. The van der Waals surface area contributed by atoms with E-state index < -0.39 is 6.04 Å². The van der Waals surface area contributed by atoms with Gasteiger partial charge in [-0.05, 0) is 37.1 Å². The van der Waals surface area contributed by atoms with E-state index in [1.165, 1.54) is 6.33 Å². The number of anilines is 1. The Morgan fingerprint density at radius 2 is 2.07 bits per heavy atom. The van der Waals surface area contributed by atoms with Crippen LogP contribution in [-0.2, 0) is 11.3 Å². The Morgan fingerprint density at radius 3 is 2.83 bits per heavy atom. The van der Waals surface area contributed by atoms with Crippen molar-refractivity contribution in [2.75, 3.05) is 11.9 Å². The van der Waals surface area contributed by atoms with Crippen LogP contribution in [0.15, 0.2) is 66.1 Å². The molecule has 3 N–H and O–H groups in total. The number of fused-ring (bicyclic) bond motifs is 1. The quantitative estimate of drug-likeness (QED) is 0.583. The summed E-state index contributed by atoms with van der Waals surface area (Å²) < 4.78 is 7.20. The second-order valence-corrected chi connectivity index (χ2v) is 6.92. The maximum atomic E-state index is 13.2. The molecule has 0 bridgehead atoms. The van der Waals surface area contributed by atoms with Crippen LogP contribution in [-0.4, -0.2) is 32.4 Å². The van der Waals surface area contributed by atoms with Gasteiger partial charge in [-0.3, -0.25) is 4.79 Å². The van der Waals surface area contributed by atoms with Gasteiger partial charge < -0.3 is 20.5 Å². The van der Waals surface area contributed by atoms with Gasteiger partial charge in [-0.1, -0.05) is 36.4 Å². The molecule has 0 spiro atoms. The normalized spacial score (nSPS) is 15.3. The van der Waals surface area contributed by atoms with E-state index in [-0.39, 0.29) is 11.7 Å². The van der Waals surface area contributed by atoms with Crippen molar-refractivity contribution in [1.82, 2.24) is 20.1 Å². The third-order valence-electron chi connectivity index (χ3n) is 4.93. The van der Waals surface area contributed by atoms with Gasteiger partial charge in [0.25, 0.3) is 5.91 Å². The molecule has 0 radical (unpaired) electrons. The number of benzene rings is 2. The Hall–Kier alpha value is -3.81. The summed E-state index contributed by atoms with van der Waals surface area (Å²) in [6.07, 6.45) is 1.44. The van der Waals surface area contributed by atoms with Crippen molar-refractivity contribution < 1.29 is 14.6 Å². The molecule has 1 aromatic heterocycles. The minimum Gasteiger partial charge on any atom is -0.504 e. The standard InChI is InChI=1S/C22H23N5O3/c1-3-30-18-11-16(9-10-17(18)28)20-19(14(2)26-22-24-13-25-27(20)22)21(29)23-12-15-7-5-4-6-8-15/h4-11,13,20,28H,3,12H2,1-2H3,(H,23,29)(H,24,25,26)/t20-/m1/s1. The fraction of sp³-hybridized carbons (Fsp3) is 0.227. The first-order chi connectivity index (χ1) is 14.6. The van der Waals surface area contributed by atoms with Gasteiger partial charge in [0.15, 0.2) is 11.5 Å². The first-order valence-electron chi connectivity index (χ1n) is 9.73. The molecular formula is C22H23N5O3.